The zero-order valence-electron chi connectivity index (χ0n) is 7.26. The van der Waals surface area contributed by atoms with Gasteiger partial charge in [0, 0.05) is 12.7 Å². The van der Waals surface area contributed by atoms with Crippen LogP contribution in [0.15, 0.2) is 10.7 Å². The van der Waals surface area contributed by atoms with Crippen molar-refractivity contribution >= 4 is 15.9 Å². The summed E-state index contributed by atoms with van der Waals surface area (Å²) in [5.41, 5.74) is 6.53. The molecule has 0 spiro atoms. The van der Waals surface area contributed by atoms with Crippen LogP contribution in [0.25, 0.3) is 0 Å². The van der Waals surface area contributed by atoms with E-state index in [1.165, 1.54) is 0 Å². The SMILES string of the molecule is CCn1cc(Br)c(CCCN)n1. The van der Waals surface area contributed by atoms with Crippen molar-refractivity contribution in [2.75, 3.05) is 6.54 Å². The van der Waals surface area contributed by atoms with Crippen LogP contribution in [0, 0.1) is 0 Å². The molecule has 0 aliphatic carbocycles. The minimum atomic E-state index is 0.728. The maximum Gasteiger partial charge on any atom is 0.0767 e. The molecule has 0 fully saturated rings. The molecular formula is C8H14BrN3. The molecular weight excluding hydrogens is 218 g/mol. The van der Waals surface area contributed by atoms with E-state index in [-0.39, 0.29) is 0 Å². The second-order valence-corrected chi connectivity index (χ2v) is 3.53. The van der Waals surface area contributed by atoms with Crippen molar-refractivity contribution in [1.82, 2.24) is 9.78 Å². The quantitative estimate of drug-likeness (QED) is 0.855. The van der Waals surface area contributed by atoms with E-state index in [1.54, 1.807) is 0 Å². The second kappa shape index (κ2) is 4.62. The van der Waals surface area contributed by atoms with Gasteiger partial charge in [0.15, 0.2) is 0 Å². The van der Waals surface area contributed by atoms with E-state index in [2.05, 4.69) is 28.0 Å². The highest BCUT2D eigenvalue weighted by molar-refractivity contribution is 9.10. The standard InChI is InChI=1S/C8H14BrN3/c1-2-12-6-7(9)8(11-12)4-3-5-10/h6H,2-5,10H2,1H3. The van der Waals surface area contributed by atoms with Gasteiger partial charge in [-0.1, -0.05) is 0 Å². The monoisotopic (exact) mass is 231 g/mol. The van der Waals surface area contributed by atoms with Crippen molar-refractivity contribution in [2.45, 2.75) is 26.3 Å². The van der Waals surface area contributed by atoms with E-state index in [1.807, 2.05) is 10.9 Å². The first-order valence-electron chi connectivity index (χ1n) is 4.19. The van der Waals surface area contributed by atoms with Crippen LogP contribution < -0.4 is 5.73 Å². The Kier molecular flexibility index (Phi) is 3.75. The average Bonchev–Trinajstić information content (AvgIpc) is 2.43. The van der Waals surface area contributed by atoms with Crippen molar-refractivity contribution in [3.05, 3.63) is 16.4 Å². The lowest BCUT2D eigenvalue weighted by atomic mass is 10.2. The maximum atomic E-state index is 5.42. The molecule has 1 heterocycles. The molecule has 2 N–H and O–H groups in total. The lowest BCUT2D eigenvalue weighted by Crippen LogP contribution is -2.02. The maximum absolute atomic E-state index is 5.42. The van der Waals surface area contributed by atoms with Gasteiger partial charge in [-0.25, -0.2) is 0 Å². The van der Waals surface area contributed by atoms with Crippen molar-refractivity contribution in [1.29, 1.82) is 0 Å². The Labute approximate surface area is 81.1 Å². The number of aryl methyl sites for hydroxylation is 2. The van der Waals surface area contributed by atoms with Gasteiger partial charge in [0.2, 0.25) is 0 Å². The first-order valence-corrected chi connectivity index (χ1v) is 4.99. The van der Waals surface area contributed by atoms with Gasteiger partial charge < -0.3 is 5.73 Å². The molecule has 0 aliphatic rings. The highest BCUT2D eigenvalue weighted by Crippen LogP contribution is 2.15. The molecule has 0 saturated heterocycles. The lowest BCUT2D eigenvalue weighted by molar-refractivity contribution is 0.641. The molecule has 0 amide bonds. The van der Waals surface area contributed by atoms with Crippen LogP contribution in [0.5, 0.6) is 0 Å². The molecule has 0 unspecified atom stereocenters. The summed E-state index contributed by atoms with van der Waals surface area (Å²) in [7, 11) is 0. The van der Waals surface area contributed by atoms with E-state index in [9.17, 15) is 0 Å². The van der Waals surface area contributed by atoms with Gasteiger partial charge >= 0.3 is 0 Å². The molecule has 3 nitrogen and oxygen atoms in total. The van der Waals surface area contributed by atoms with Crippen molar-refractivity contribution < 1.29 is 0 Å². The van der Waals surface area contributed by atoms with E-state index < -0.39 is 0 Å². The number of halogens is 1. The van der Waals surface area contributed by atoms with E-state index in [0.717, 1.165) is 36.1 Å². The molecule has 4 heteroatoms. The van der Waals surface area contributed by atoms with Gasteiger partial charge in [-0.3, -0.25) is 4.68 Å². The summed E-state index contributed by atoms with van der Waals surface area (Å²) in [4.78, 5) is 0. The van der Waals surface area contributed by atoms with E-state index in [0.29, 0.717) is 0 Å². The number of nitrogens with two attached hydrogens (primary N) is 1. The van der Waals surface area contributed by atoms with Crippen molar-refractivity contribution in [3.63, 3.8) is 0 Å². The Morgan fingerprint density at radius 1 is 1.67 bits per heavy atom. The van der Waals surface area contributed by atoms with Gasteiger partial charge in [0.25, 0.3) is 0 Å². The molecule has 1 rings (SSSR count). The topological polar surface area (TPSA) is 43.8 Å². The van der Waals surface area contributed by atoms with Crippen LogP contribution in [0.4, 0.5) is 0 Å². The summed E-state index contributed by atoms with van der Waals surface area (Å²) in [5.74, 6) is 0. The number of nitrogens with zero attached hydrogens (tertiary/aromatic N) is 2. The summed E-state index contributed by atoms with van der Waals surface area (Å²) in [6.07, 6.45) is 3.97. The van der Waals surface area contributed by atoms with Crippen LogP contribution in [-0.4, -0.2) is 16.3 Å². The largest absolute Gasteiger partial charge is 0.330 e. The van der Waals surface area contributed by atoms with Gasteiger partial charge in [0.1, 0.15) is 0 Å². The minimum absolute atomic E-state index is 0.728. The van der Waals surface area contributed by atoms with Crippen LogP contribution in [0.2, 0.25) is 0 Å². The van der Waals surface area contributed by atoms with Crippen molar-refractivity contribution in [2.24, 2.45) is 5.73 Å². The third-order valence-corrected chi connectivity index (χ3v) is 2.39. The van der Waals surface area contributed by atoms with Crippen LogP contribution in [0.1, 0.15) is 19.0 Å². The Morgan fingerprint density at radius 3 is 2.92 bits per heavy atom. The lowest BCUT2D eigenvalue weighted by Gasteiger charge is -1.94. The van der Waals surface area contributed by atoms with Gasteiger partial charge in [-0.2, -0.15) is 5.10 Å². The zero-order chi connectivity index (χ0) is 8.97. The summed E-state index contributed by atoms with van der Waals surface area (Å²) >= 11 is 3.46. The predicted octanol–water partition coefficient (Wildman–Crippen LogP) is 1.56. The molecule has 0 radical (unpaired) electrons. The molecule has 1 aromatic heterocycles. The third kappa shape index (κ3) is 2.32. The summed E-state index contributed by atoms with van der Waals surface area (Å²) in [6.45, 7) is 3.72. The molecule has 0 saturated carbocycles. The molecule has 0 aliphatic heterocycles. The fraction of sp³-hybridized carbons (Fsp3) is 0.625. The molecule has 68 valence electrons. The summed E-state index contributed by atoms with van der Waals surface area (Å²) in [5, 5.41) is 4.38. The Bertz CT molecular complexity index is 244. The van der Waals surface area contributed by atoms with Crippen LogP contribution in [0.3, 0.4) is 0 Å². The predicted molar refractivity (Wildman–Crippen MR) is 53.0 cm³/mol. The molecule has 12 heavy (non-hydrogen) atoms. The average molecular weight is 232 g/mol. The fourth-order valence-electron chi connectivity index (χ4n) is 1.04. The van der Waals surface area contributed by atoms with Gasteiger partial charge in [-0.05, 0) is 42.2 Å². The first kappa shape index (κ1) is 9.74. The smallest absolute Gasteiger partial charge is 0.0767 e. The summed E-state index contributed by atoms with van der Waals surface area (Å²) in [6, 6.07) is 0. The first-order chi connectivity index (χ1) is 5.77. The molecule has 0 bridgehead atoms. The Hall–Kier alpha value is -0.350. The number of aromatic nitrogens is 2. The van der Waals surface area contributed by atoms with Crippen LogP contribution >= 0.6 is 15.9 Å². The zero-order valence-corrected chi connectivity index (χ0v) is 8.84. The fourth-order valence-corrected chi connectivity index (χ4v) is 1.55. The highest BCUT2D eigenvalue weighted by atomic mass is 79.9. The number of hydrogen-bond donors (Lipinski definition) is 1. The number of rotatable bonds is 4. The third-order valence-electron chi connectivity index (χ3n) is 1.73. The Balaban J connectivity index is 2.64. The molecule has 0 atom stereocenters. The van der Waals surface area contributed by atoms with E-state index >= 15 is 0 Å². The van der Waals surface area contributed by atoms with E-state index in [4.69, 9.17) is 5.73 Å². The van der Waals surface area contributed by atoms with Crippen molar-refractivity contribution in [3.8, 4) is 0 Å². The molecule has 0 aromatic carbocycles. The van der Waals surface area contributed by atoms with Gasteiger partial charge in [-0.15, -0.1) is 0 Å². The minimum Gasteiger partial charge on any atom is -0.330 e. The second-order valence-electron chi connectivity index (χ2n) is 2.67. The highest BCUT2D eigenvalue weighted by Gasteiger charge is 2.03. The van der Waals surface area contributed by atoms with Crippen LogP contribution in [-0.2, 0) is 13.0 Å². The molecule has 1 aromatic rings. The normalized spacial score (nSPS) is 10.6. The van der Waals surface area contributed by atoms with Gasteiger partial charge in [0.05, 0.1) is 10.2 Å². The summed E-state index contributed by atoms with van der Waals surface area (Å²) < 4.78 is 3.02. The Morgan fingerprint density at radius 2 is 2.42 bits per heavy atom. The number of hydrogen-bond acceptors (Lipinski definition) is 2.